The van der Waals surface area contributed by atoms with Crippen LogP contribution in [-0.2, 0) is 0 Å². The van der Waals surface area contributed by atoms with E-state index in [1.807, 2.05) is 48.7 Å². The molecule has 0 aliphatic heterocycles. The highest BCUT2D eigenvalue weighted by molar-refractivity contribution is 7.07. The lowest BCUT2D eigenvalue weighted by Gasteiger charge is -2.20. The molecule has 238 valence electrons. The van der Waals surface area contributed by atoms with Crippen LogP contribution in [0.15, 0.2) is 89.5 Å². The first-order chi connectivity index (χ1) is 22.1. The molecule has 5 aromatic rings. The molecule has 1 fully saturated rings. The minimum Gasteiger partial charge on any atom is -0.406 e. The second kappa shape index (κ2) is 13.0. The summed E-state index contributed by atoms with van der Waals surface area (Å²) in [5.74, 6) is 0.648. The number of carbonyl (C=O) groups excluding carboxylic acids is 1. The van der Waals surface area contributed by atoms with E-state index in [0.717, 1.165) is 41.8 Å². The molecule has 2 amide bonds. The van der Waals surface area contributed by atoms with Crippen LogP contribution in [0.5, 0.6) is 5.75 Å². The molecule has 2 unspecified atom stereocenters. The second-order valence-electron chi connectivity index (χ2n) is 11.6. The molecule has 1 aliphatic rings. The highest BCUT2D eigenvalue weighted by Gasteiger charge is 2.31. The first kappa shape index (κ1) is 31.3. The first-order valence-corrected chi connectivity index (χ1v) is 15.9. The van der Waals surface area contributed by atoms with Crippen LogP contribution in [0.4, 0.5) is 18.0 Å². The van der Waals surface area contributed by atoms with Gasteiger partial charge in [-0.05, 0) is 67.1 Å². The molecule has 8 nitrogen and oxygen atoms in total. The number of hydrogen-bond donors (Lipinski definition) is 1. The van der Waals surface area contributed by atoms with Crippen LogP contribution < -0.4 is 14.9 Å². The van der Waals surface area contributed by atoms with Crippen molar-refractivity contribution in [2.24, 2.45) is 4.99 Å². The maximum atomic E-state index is 13.2. The number of aryl methyl sites for hydroxylation is 1. The van der Waals surface area contributed by atoms with E-state index in [1.54, 1.807) is 0 Å². The summed E-state index contributed by atoms with van der Waals surface area (Å²) in [6, 6.07) is 21.2. The van der Waals surface area contributed by atoms with Crippen molar-refractivity contribution in [1.82, 2.24) is 24.6 Å². The average molecular weight is 647 g/mol. The summed E-state index contributed by atoms with van der Waals surface area (Å²) in [4.78, 5) is 22.8. The Morgan fingerprint density at radius 1 is 1.04 bits per heavy atom. The summed E-state index contributed by atoms with van der Waals surface area (Å²) in [6.07, 6.45) is -0.428. The van der Waals surface area contributed by atoms with Crippen LogP contribution >= 0.6 is 11.3 Å². The number of alkyl halides is 3. The Morgan fingerprint density at radius 3 is 2.50 bits per heavy atom. The van der Waals surface area contributed by atoms with Gasteiger partial charge in [-0.15, -0.1) is 29.6 Å². The van der Waals surface area contributed by atoms with Gasteiger partial charge in [-0.2, -0.15) is 4.99 Å². The van der Waals surface area contributed by atoms with Crippen LogP contribution in [0.3, 0.4) is 0 Å². The van der Waals surface area contributed by atoms with E-state index in [2.05, 4.69) is 55.7 Å². The molecule has 0 radical (unpaired) electrons. The van der Waals surface area contributed by atoms with E-state index in [9.17, 15) is 18.0 Å². The Hall–Kier alpha value is -4.71. The van der Waals surface area contributed by atoms with Crippen molar-refractivity contribution in [2.75, 3.05) is 0 Å². The Morgan fingerprint density at radius 2 is 1.78 bits per heavy atom. The number of amides is 2. The number of benzene rings is 3. The minimum atomic E-state index is -4.75. The predicted octanol–water partition coefficient (Wildman–Crippen LogP) is 8.06. The molecular weight excluding hydrogens is 613 g/mol. The highest BCUT2D eigenvalue weighted by atomic mass is 32.1. The molecule has 0 saturated heterocycles. The number of nitrogens with one attached hydrogen (secondary N) is 1. The van der Waals surface area contributed by atoms with Gasteiger partial charge in [0, 0.05) is 28.6 Å². The van der Waals surface area contributed by atoms with Gasteiger partial charge in [-0.25, -0.2) is 14.5 Å². The van der Waals surface area contributed by atoms with Crippen LogP contribution in [0.1, 0.15) is 61.8 Å². The van der Waals surface area contributed by atoms with Crippen LogP contribution in [0, 0.1) is 6.92 Å². The fourth-order valence-corrected chi connectivity index (χ4v) is 6.82. The molecule has 1 N–H and O–H groups in total. The summed E-state index contributed by atoms with van der Waals surface area (Å²) < 4.78 is 44.9. The number of urea groups is 1. The molecule has 2 atom stereocenters. The van der Waals surface area contributed by atoms with Crippen molar-refractivity contribution in [2.45, 2.75) is 64.3 Å². The zero-order chi connectivity index (χ0) is 32.4. The summed E-state index contributed by atoms with van der Waals surface area (Å²) in [6.45, 7) is 6.34. The van der Waals surface area contributed by atoms with Gasteiger partial charge in [0.15, 0.2) is 10.6 Å². The molecule has 2 aromatic heterocycles. The third-order valence-corrected chi connectivity index (χ3v) is 9.07. The van der Waals surface area contributed by atoms with E-state index in [0.29, 0.717) is 22.2 Å². The Balaban J connectivity index is 1.15. The molecule has 2 heterocycles. The summed E-state index contributed by atoms with van der Waals surface area (Å²) in [5.41, 5.74) is 5.71. The van der Waals surface area contributed by atoms with Gasteiger partial charge in [0.05, 0.1) is 11.4 Å². The molecule has 0 spiro atoms. The first-order valence-electron chi connectivity index (χ1n) is 15.1. The number of halogens is 3. The maximum Gasteiger partial charge on any atom is 0.573 e. The second-order valence-corrected chi connectivity index (χ2v) is 12.4. The van der Waals surface area contributed by atoms with Gasteiger partial charge < -0.3 is 10.1 Å². The maximum absolute atomic E-state index is 13.2. The van der Waals surface area contributed by atoms with Crippen molar-refractivity contribution in [3.8, 4) is 28.5 Å². The van der Waals surface area contributed by atoms with Crippen molar-refractivity contribution in [1.29, 1.82) is 0 Å². The molecule has 1 saturated carbocycles. The van der Waals surface area contributed by atoms with Crippen molar-refractivity contribution >= 4 is 17.4 Å². The lowest BCUT2D eigenvalue weighted by molar-refractivity contribution is -0.274. The SMILES string of the molecule is Cc1csc(=NC(=O)NC2CCCC2c2ccc(-c3ncn(-c4ccc(OC(F)(F)F)cc4)n3)cc2)n1-c1ccccc1C(C)C. The van der Waals surface area contributed by atoms with Gasteiger partial charge in [0.2, 0.25) is 0 Å². The fourth-order valence-electron chi connectivity index (χ4n) is 5.95. The normalized spacial score (nSPS) is 17.1. The summed E-state index contributed by atoms with van der Waals surface area (Å²) in [5, 5.41) is 9.69. The molecule has 0 bridgehead atoms. The van der Waals surface area contributed by atoms with E-state index in [-0.39, 0.29) is 23.7 Å². The Kier molecular flexibility index (Phi) is 8.81. The van der Waals surface area contributed by atoms with Gasteiger partial charge in [0.25, 0.3) is 0 Å². The Labute approximate surface area is 268 Å². The summed E-state index contributed by atoms with van der Waals surface area (Å²) >= 11 is 1.45. The molecule has 12 heteroatoms. The predicted molar refractivity (Wildman–Crippen MR) is 170 cm³/mol. The van der Waals surface area contributed by atoms with Crippen LogP contribution in [0.25, 0.3) is 22.8 Å². The number of para-hydroxylation sites is 1. The number of hydrogen-bond acceptors (Lipinski definition) is 5. The molecule has 6 rings (SSSR count). The van der Waals surface area contributed by atoms with Crippen molar-refractivity contribution in [3.63, 3.8) is 0 Å². The number of ether oxygens (including phenoxy) is 1. The number of carbonyl (C=O) groups is 1. The highest BCUT2D eigenvalue weighted by Crippen LogP contribution is 2.35. The van der Waals surface area contributed by atoms with Crippen molar-refractivity contribution in [3.05, 3.63) is 106 Å². The number of aromatic nitrogens is 4. The zero-order valence-corrected chi connectivity index (χ0v) is 26.3. The molecule has 46 heavy (non-hydrogen) atoms. The monoisotopic (exact) mass is 646 g/mol. The van der Waals surface area contributed by atoms with E-state index >= 15 is 0 Å². The van der Waals surface area contributed by atoms with Crippen LogP contribution in [-0.4, -0.2) is 37.8 Å². The Bertz CT molecular complexity index is 1890. The lowest BCUT2D eigenvalue weighted by Crippen LogP contribution is -2.36. The average Bonchev–Trinajstić information content (AvgIpc) is 3.78. The lowest BCUT2D eigenvalue weighted by atomic mass is 9.93. The summed E-state index contributed by atoms with van der Waals surface area (Å²) in [7, 11) is 0. The van der Waals surface area contributed by atoms with Gasteiger partial charge in [-0.1, -0.05) is 62.7 Å². The van der Waals surface area contributed by atoms with Gasteiger partial charge in [-0.3, -0.25) is 4.57 Å². The third kappa shape index (κ3) is 6.91. The standard InChI is InChI=1S/C34H33F3N6O2S/c1-21(2)27-7-4-5-10-30(27)43-22(3)19-46-33(43)40-32(44)39-29-9-6-8-28(29)23-11-13-24(14-12-23)31-38-20-42(41-31)25-15-17-26(18-16-25)45-34(35,36)37/h4-5,7,10-21,28-29H,6,8-9H2,1-3H3,(H,39,44). The van der Waals surface area contributed by atoms with Crippen LogP contribution in [0.2, 0.25) is 0 Å². The number of thiazole rings is 1. The minimum absolute atomic E-state index is 0.0406. The van der Waals surface area contributed by atoms with E-state index < -0.39 is 6.36 Å². The molecule has 1 aliphatic carbocycles. The van der Waals surface area contributed by atoms with Gasteiger partial charge in [0.1, 0.15) is 12.1 Å². The zero-order valence-electron chi connectivity index (χ0n) is 25.5. The van der Waals surface area contributed by atoms with Gasteiger partial charge >= 0.3 is 12.4 Å². The number of nitrogens with zero attached hydrogens (tertiary/aromatic N) is 5. The van der Waals surface area contributed by atoms with E-state index in [4.69, 9.17) is 0 Å². The van der Waals surface area contributed by atoms with E-state index in [1.165, 1.54) is 52.2 Å². The fraction of sp³-hybridized carbons (Fsp3) is 0.294. The molecule has 3 aromatic carbocycles. The quantitative estimate of drug-likeness (QED) is 0.194. The number of rotatable bonds is 7. The largest absolute Gasteiger partial charge is 0.573 e. The topological polar surface area (TPSA) is 86.3 Å². The smallest absolute Gasteiger partial charge is 0.406 e. The molecular formula is C34H33F3N6O2S. The third-order valence-electron chi connectivity index (χ3n) is 8.12. The van der Waals surface area contributed by atoms with Crippen molar-refractivity contribution < 1.29 is 22.7 Å².